The fraction of sp³-hybridized carbons (Fsp3) is 0.0588. The Balaban J connectivity index is 2.05. The van der Waals surface area contributed by atoms with Crippen molar-refractivity contribution in [2.24, 2.45) is 0 Å². The van der Waals surface area contributed by atoms with E-state index < -0.39 is 17.6 Å². The summed E-state index contributed by atoms with van der Waals surface area (Å²) in [4.78, 5) is 26.9. The number of hydrogen-bond donors (Lipinski definition) is 2. The van der Waals surface area contributed by atoms with Crippen LogP contribution in [0.4, 0.5) is 20.3 Å². The van der Waals surface area contributed by atoms with E-state index in [1.54, 1.807) is 0 Å². The number of amides is 1. The molecule has 0 unspecified atom stereocenters. The van der Waals surface area contributed by atoms with Gasteiger partial charge in [0.2, 0.25) is 0 Å². The number of carbonyl (C=O) groups excluding carboxylic acids is 2. The molecule has 3 N–H and O–H groups in total. The van der Waals surface area contributed by atoms with E-state index in [4.69, 9.17) is 5.73 Å². The summed E-state index contributed by atoms with van der Waals surface area (Å²) in [6, 6.07) is 5.27. The molecule has 7 nitrogen and oxygen atoms in total. The van der Waals surface area contributed by atoms with Crippen LogP contribution in [0.3, 0.4) is 0 Å². The zero-order valence-corrected chi connectivity index (χ0v) is 13.6. The van der Waals surface area contributed by atoms with Crippen LogP contribution in [-0.2, 0) is 4.79 Å². The van der Waals surface area contributed by atoms with Gasteiger partial charge in [-0.1, -0.05) is 6.58 Å². The average Bonchev–Trinajstić information content (AvgIpc) is 3.00. The van der Waals surface area contributed by atoms with Crippen molar-refractivity contribution < 1.29 is 18.4 Å². The number of benzene rings is 1. The number of hydrogen-bond acceptors (Lipinski definition) is 5. The smallest absolute Gasteiger partial charge is 0.283 e. The van der Waals surface area contributed by atoms with Gasteiger partial charge in [-0.05, 0) is 24.3 Å². The fourth-order valence-corrected chi connectivity index (χ4v) is 2.37. The molecule has 2 aromatic heterocycles. The molecule has 0 atom stereocenters. The number of rotatable bonds is 4. The summed E-state index contributed by atoms with van der Waals surface area (Å²) < 4.78 is 28.5. The van der Waals surface area contributed by atoms with Crippen molar-refractivity contribution in [3.8, 4) is 11.3 Å². The van der Waals surface area contributed by atoms with Gasteiger partial charge in [0.15, 0.2) is 11.6 Å². The lowest BCUT2D eigenvalue weighted by atomic mass is 10.1. The summed E-state index contributed by atoms with van der Waals surface area (Å²) in [5, 5.41) is 6.39. The Morgan fingerprint density at radius 2 is 2.04 bits per heavy atom. The number of nitrogens with zero attached hydrogens (tertiary/aromatic N) is 3. The van der Waals surface area contributed by atoms with Crippen molar-refractivity contribution in [3.63, 3.8) is 0 Å². The van der Waals surface area contributed by atoms with Gasteiger partial charge in [-0.15, -0.1) is 0 Å². The summed E-state index contributed by atoms with van der Waals surface area (Å²) in [6.07, 6.45) is 1.29. The SMILES string of the molecule is C=C(F)C(=O)Nc1ccc(-c2cc3c(N)ncc(C(C)=O)n3n2)c(F)c1. The molecular weight excluding hydrogens is 344 g/mol. The predicted octanol–water partition coefficient (Wildman–Crippen LogP) is 2.74. The molecular formula is C17H13F2N5O2. The first-order chi connectivity index (χ1) is 12.3. The lowest BCUT2D eigenvalue weighted by Gasteiger charge is -2.05. The van der Waals surface area contributed by atoms with Crippen molar-refractivity contribution in [1.29, 1.82) is 0 Å². The van der Waals surface area contributed by atoms with E-state index in [-0.39, 0.29) is 34.2 Å². The van der Waals surface area contributed by atoms with Gasteiger partial charge in [-0.2, -0.15) is 5.10 Å². The van der Waals surface area contributed by atoms with Gasteiger partial charge in [0.05, 0.1) is 11.9 Å². The highest BCUT2D eigenvalue weighted by atomic mass is 19.1. The first kappa shape index (κ1) is 17.2. The molecule has 9 heteroatoms. The van der Waals surface area contributed by atoms with Crippen LogP contribution in [-0.4, -0.2) is 26.3 Å². The quantitative estimate of drug-likeness (QED) is 0.552. The topological polar surface area (TPSA) is 102 Å². The molecule has 0 saturated carbocycles. The third kappa shape index (κ3) is 3.02. The summed E-state index contributed by atoms with van der Waals surface area (Å²) >= 11 is 0. The Bertz CT molecular complexity index is 1070. The van der Waals surface area contributed by atoms with E-state index in [1.807, 2.05) is 0 Å². The zero-order valence-electron chi connectivity index (χ0n) is 13.6. The zero-order chi connectivity index (χ0) is 19.0. The minimum atomic E-state index is -1.19. The maximum Gasteiger partial charge on any atom is 0.283 e. The molecule has 1 aromatic carbocycles. The van der Waals surface area contributed by atoms with Crippen LogP contribution in [0.5, 0.6) is 0 Å². The number of ketones is 1. The fourth-order valence-electron chi connectivity index (χ4n) is 2.37. The molecule has 0 fully saturated rings. The normalized spacial score (nSPS) is 10.7. The number of Topliss-reactive ketones (excluding diaryl/α,β-unsaturated/α-hetero) is 1. The van der Waals surface area contributed by atoms with E-state index in [2.05, 4.69) is 22.0 Å². The molecule has 0 saturated heterocycles. The van der Waals surface area contributed by atoms with Crippen molar-refractivity contribution in [2.75, 3.05) is 11.1 Å². The van der Waals surface area contributed by atoms with Crippen molar-refractivity contribution >= 4 is 28.7 Å². The van der Waals surface area contributed by atoms with Gasteiger partial charge in [0.1, 0.15) is 22.8 Å². The third-order valence-electron chi connectivity index (χ3n) is 3.64. The molecule has 0 aliphatic heterocycles. The van der Waals surface area contributed by atoms with Crippen LogP contribution in [0.25, 0.3) is 16.8 Å². The van der Waals surface area contributed by atoms with E-state index in [0.29, 0.717) is 5.52 Å². The first-order valence-corrected chi connectivity index (χ1v) is 7.39. The van der Waals surface area contributed by atoms with E-state index in [1.165, 1.54) is 35.8 Å². The van der Waals surface area contributed by atoms with Gasteiger partial charge in [0.25, 0.3) is 5.91 Å². The van der Waals surface area contributed by atoms with E-state index in [0.717, 1.165) is 6.07 Å². The molecule has 0 bridgehead atoms. The largest absolute Gasteiger partial charge is 0.382 e. The summed E-state index contributed by atoms with van der Waals surface area (Å²) in [5.74, 6) is -3.09. The molecule has 0 aliphatic rings. The number of halogens is 2. The maximum absolute atomic E-state index is 14.4. The van der Waals surface area contributed by atoms with Gasteiger partial charge < -0.3 is 11.1 Å². The van der Waals surface area contributed by atoms with Crippen LogP contribution in [0.15, 0.2) is 42.9 Å². The second-order valence-electron chi connectivity index (χ2n) is 5.47. The van der Waals surface area contributed by atoms with Crippen molar-refractivity contribution in [2.45, 2.75) is 6.92 Å². The predicted molar refractivity (Wildman–Crippen MR) is 91.7 cm³/mol. The summed E-state index contributed by atoms with van der Waals surface area (Å²) in [5.41, 5.74) is 6.74. The van der Waals surface area contributed by atoms with Crippen LogP contribution in [0.1, 0.15) is 17.4 Å². The highest BCUT2D eigenvalue weighted by Crippen LogP contribution is 2.27. The second-order valence-corrected chi connectivity index (χ2v) is 5.47. The molecule has 3 rings (SSSR count). The monoisotopic (exact) mass is 357 g/mol. The Hall–Kier alpha value is -3.62. The maximum atomic E-state index is 14.4. The highest BCUT2D eigenvalue weighted by Gasteiger charge is 2.16. The number of nitrogens with two attached hydrogens (primary N) is 1. The number of aromatic nitrogens is 3. The standard InChI is InChI=1S/C17H13F2N5O2/c1-8(18)17(26)22-10-3-4-11(12(19)5-10)13-6-14-16(20)21-7-15(9(2)25)24(14)23-13/h3-7H,1H2,2H3,(H2,20,21)(H,22,26). The summed E-state index contributed by atoms with van der Waals surface area (Å²) in [6.45, 7) is 4.22. The van der Waals surface area contributed by atoms with Crippen molar-refractivity contribution in [1.82, 2.24) is 14.6 Å². The molecule has 26 heavy (non-hydrogen) atoms. The molecule has 0 spiro atoms. The van der Waals surface area contributed by atoms with Crippen LogP contribution < -0.4 is 11.1 Å². The molecule has 132 valence electrons. The van der Waals surface area contributed by atoms with Gasteiger partial charge in [-0.25, -0.2) is 18.3 Å². The second kappa shape index (κ2) is 6.36. The van der Waals surface area contributed by atoms with Gasteiger partial charge in [-0.3, -0.25) is 9.59 Å². The van der Waals surface area contributed by atoms with Crippen LogP contribution in [0.2, 0.25) is 0 Å². The summed E-state index contributed by atoms with van der Waals surface area (Å²) in [7, 11) is 0. The van der Waals surface area contributed by atoms with Crippen LogP contribution in [0, 0.1) is 5.82 Å². The Morgan fingerprint density at radius 3 is 2.65 bits per heavy atom. The van der Waals surface area contributed by atoms with E-state index >= 15 is 0 Å². The Morgan fingerprint density at radius 1 is 1.31 bits per heavy atom. The minimum Gasteiger partial charge on any atom is -0.382 e. The van der Waals surface area contributed by atoms with Crippen LogP contribution >= 0.6 is 0 Å². The van der Waals surface area contributed by atoms with Gasteiger partial charge >= 0.3 is 0 Å². The number of anilines is 2. The molecule has 0 radical (unpaired) electrons. The number of fused-ring (bicyclic) bond motifs is 1. The first-order valence-electron chi connectivity index (χ1n) is 7.39. The number of nitrogen functional groups attached to an aromatic ring is 1. The Labute approximate surface area is 146 Å². The lowest BCUT2D eigenvalue weighted by Crippen LogP contribution is -2.11. The highest BCUT2D eigenvalue weighted by molar-refractivity contribution is 6.01. The third-order valence-corrected chi connectivity index (χ3v) is 3.64. The molecule has 3 aromatic rings. The minimum absolute atomic E-state index is 0.0596. The molecule has 0 aliphatic carbocycles. The lowest BCUT2D eigenvalue weighted by molar-refractivity contribution is -0.114. The molecule has 2 heterocycles. The van der Waals surface area contributed by atoms with E-state index in [9.17, 15) is 18.4 Å². The number of carbonyl (C=O) groups is 2. The Kier molecular flexibility index (Phi) is 4.21. The molecule has 1 amide bonds. The van der Waals surface area contributed by atoms with Crippen molar-refractivity contribution in [3.05, 3.63) is 54.4 Å². The van der Waals surface area contributed by atoms with Gasteiger partial charge in [0, 0.05) is 18.2 Å². The average molecular weight is 357 g/mol. The number of nitrogens with one attached hydrogen (secondary N) is 1.